The Labute approximate surface area is 197 Å². The van der Waals surface area contributed by atoms with Crippen LogP contribution in [-0.4, -0.2) is 26.8 Å². The number of fused-ring (bicyclic) bond motifs is 2. The minimum absolute atomic E-state index is 0.245. The number of carbonyl (C=O) groups is 1. The van der Waals surface area contributed by atoms with Gasteiger partial charge >= 0.3 is 5.97 Å². The maximum atomic E-state index is 11.4. The highest BCUT2D eigenvalue weighted by atomic mass is 16.4. The quantitative estimate of drug-likeness (QED) is 0.417. The van der Waals surface area contributed by atoms with Crippen molar-refractivity contribution in [2.45, 2.75) is 38.8 Å². The van der Waals surface area contributed by atoms with Gasteiger partial charge < -0.3 is 9.67 Å². The molecule has 0 spiro atoms. The summed E-state index contributed by atoms with van der Waals surface area (Å²) >= 11 is 0. The fraction of sp³-hybridized carbons (Fsp3) is 0.214. The van der Waals surface area contributed by atoms with Gasteiger partial charge in [-0.25, -0.2) is 4.79 Å². The van der Waals surface area contributed by atoms with Crippen LogP contribution < -0.4 is 0 Å². The predicted molar refractivity (Wildman–Crippen MR) is 132 cm³/mol. The van der Waals surface area contributed by atoms with E-state index >= 15 is 0 Å². The molecule has 4 aromatic rings. The number of hydrogen-bond donors (Lipinski definition) is 1. The first-order valence-corrected chi connectivity index (χ1v) is 11.2. The third-order valence-corrected chi connectivity index (χ3v) is 6.46. The van der Waals surface area contributed by atoms with E-state index < -0.39 is 11.4 Å². The zero-order valence-electron chi connectivity index (χ0n) is 19.1. The molecule has 6 nitrogen and oxygen atoms in total. The van der Waals surface area contributed by atoms with Gasteiger partial charge in [0.15, 0.2) is 0 Å². The molecule has 0 amide bonds. The van der Waals surface area contributed by atoms with Gasteiger partial charge in [-0.05, 0) is 52.6 Å². The Kier molecular flexibility index (Phi) is 5.25. The predicted octanol–water partition coefficient (Wildman–Crippen LogP) is 5.57. The number of aromatic carboxylic acids is 1. The van der Waals surface area contributed by atoms with Crippen LogP contribution in [-0.2, 0) is 18.5 Å². The molecule has 0 unspecified atom stereocenters. The number of rotatable bonds is 6. The summed E-state index contributed by atoms with van der Waals surface area (Å²) in [4.78, 5) is 20.2. The molecule has 0 aliphatic carbocycles. The number of aliphatic imine (C=N–C) groups is 1. The maximum absolute atomic E-state index is 11.4. The Bertz CT molecular complexity index is 1470. The first kappa shape index (κ1) is 21.6. The van der Waals surface area contributed by atoms with Crippen molar-refractivity contribution < 1.29 is 9.90 Å². The van der Waals surface area contributed by atoms with Crippen LogP contribution in [0, 0.1) is 11.3 Å². The Balaban J connectivity index is 1.85. The van der Waals surface area contributed by atoms with Crippen LogP contribution in [0.3, 0.4) is 0 Å². The lowest BCUT2D eigenvalue weighted by Gasteiger charge is -2.26. The smallest absolute Gasteiger partial charge is 0.335 e. The molecule has 5 rings (SSSR count). The standard InChI is InChI=1S/C28H24N4O2/c1-28(2,9-10-29)26-25(19-5-7-20(8-6-19)27(33)34)23-12-21-15-31-16-22(21)13-24(23)32(26)17-18-4-3-11-30-14-18/h3-8,11-14,16H,9,15,17H2,1-2H3,(H,33,34). The number of nitrogens with zero attached hydrogens (tertiary/aromatic N) is 4. The minimum atomic E-state index is -0.953. The van der Waals surface area contributed by atoms with Crippen molar-refractivity contribution in [3.8, 4) is 17.2 Å². The monoisotopic (exact) mass is 448 g/mol. The molecule has 6 heteroatoms. The lowest BCUT2D eigenvalue weighted by Crippen LogP contribution is -2.22. The average Bonchev–Trinajstić information content (AvgIpc) is 3.41. The average molecular weight is 449 g/mol. The van der Waals surface area contributed by atoms with Gasteiger partial charge in [0.1, 0.15) is 0 Å². The van der Waals surface area contributed by atoms with E-state index in [0.29, 0.717) is 19.5 Å². The van der Waals surface area contributed by atoms with E-state index in [0.717, 1.165) is 38.9 Å². The topological polar surface area (TPSA) is 91.3 Å². The van der Waals surface area contributed by atoms with Crippen molar-refractivity contribution >= 4 is 23.1 Å². The fourth-order valence-electron chi connectivity index (χ4n) is 4.85. The van der Waals surface area contributed by atoms with E-state index in [1.54, 1.807) is 18.3 Å². The first-order valence-electron chi connectivity index (χ1n) is 11.2. The van der Waals surface area contributed by atoms with E-state index in [2.05, 4.69) is 52.7 Å². The van der Waals surface area contributed by atoms with E-state index in [1.165, 1.54) is 5.56 Å². The molecule has 3 heterocycles. The molecule has 0 saturated carbocycles. The van der Waals surface area contributed by atoms with Gasteiger partial charge in [-0.2, -0.15) is 5.26 Å². The van der Waals surface area contributed by atoms with Crippen molar-refractivity contribution in [3.63, 3.8) is 0 Å². The van der Waals surface area contributed by atoms with E-state index in [1.807, 2.05) is 30.6 Å². The van der Waals surface area contributed by atoms with Crippen molar-refractivity contribution in [1.29, 1.82) is 5.26 Å². The summed E-state index contributed by atoms with van der Waals surface area (Å²) in [6.45, 7) is 5.44. The van der Waals surface area contributed by atoms with Crippen LogP contribution in [0.2, 0.25) is 0 Å². The molecule has 2 aromatic heterocycles. The second-order valence-electron chi connectivity index (χ2n) is 9.31. The number of carboxylic acid groups (broad SMARTS) is 1. The van der Waals surface area contributed by atoms with Crippen molar-refractivity contribution in [2.75, 3.05) is 0 Å². The zero-order chi connectivity index (χ0) is 23.9. The molecule has 0 atom stereocenters. The molecule has 1 aliphatic heterocycles. The third kappa shape index (κ3) is 3.65. The highest BCUT2D eigenvalue weighted by molar-refractivity contribution is 6.03. The summed E-state index contributed by atoms with van der Waals surface area (Å²) < 4.78 is 2.29. The second kappa shape index (κ2) is 8.27. The molecule has 2 aromatic carbocycles. The number of hydrogen-bond acceptors (Lipinski definition) is 4. The molecule has 1 N–H and O–H groups in total. The van der Waals surface area contributed by atoms with E-state index in [-0.39, 0.29) is 5.56 Å². The summed E-state index contributed by atoms with van der Waals surface area (Å²) in [7, 11) is 0. The Morgan fingerprint density at radius 2 is 2.00 bits per heavy atom. The highest BCUT2D eigenvalue weighted by Gasteiger charge is 2.32. The van der Waals surface area contributed by atoms with Crippen LogP contribution in [0.25, 0.3) is 22.0 Å². The Hall–Kier alpha value is -4.24. The number of carboxylic acids is 1. The van der Waals surface area contributed by atoms with Gasteiger partial charge in [0.25, 0.3) is 0 Å². The summed E-state index contributed by atoms with van der Waals surface area (Å²) in [5, 5.41) is 20.1. The van der Waals surface area contributed by atoms with Crippen LogP contribution in [0.4, 0.5) is 0 Å². The Morgan fingerprint density at radius 3 is 2.68 bits per heavy atom. The van der Waals surface area contributed by atoms with Crippen molar-refractivity contribution in [1.82, 2.24) is 9.55 Å². The lowest BCUT2D eigenvalue weighted by molar-refractivity contribution is 0.0697. The zero-order valence-corrected chi connectivity index (χ0v) is 19.1. The third-order valence-electron chi connectivity index (χ3n) is 6.46. The van der Waals surface area contributed by atoms with Crippen LogP contribution in [0.15, 0.2) is 65.9 Å². The summed E-state index contributed by atoms with van der Waals surface area (Å²) in [6.07, 6.45) is 5.88. The maximum Gasteiger partial charge on any atom is 0.335 e. The molecule has 168 valence electrons. The first-order chi connectivity index (χ1) is 16.4. The molecule has 0 radical (unpaired) electrons. The van der Waals surface area contributed by atoms with E-state index in [9.17, 15) is 15.2 Å². The van der Waals surface area contributed by atoms with Gasteiger partial charge in [0, 0.05) is 59.1 Å². The van der Waals surface area contributed by atoms with Gasteiger partial charge in [0.05, 0.1) is 18.2 Å². The van der Waals surface area contributed by atoms with E-state index in [4.69, 9.17) is 0 Å². The van der Waals surface area contributed by atoms with Gasteiger partial charge in [-0.15, -0.1) is 0 Å². The molecule has 0 bridgehead atoms. The molecular formula is C28H24N4O2. The molecule has 0 saturated heterocycles. The van der Waals surface area contributed by atoms with Crippen molar-refractivity contribution in [2.24, 2.45) is 4.99 Å². The summed E-state index contributed by atoms with van der Waals surface area (Å²) in [5.41, 5.74) is 7.21. The minimum Gasteiger partial charge on any atom is -0.478 e. The SMILES string of the molecule is CC(C)(CC#N)c1c(-c2ccc(C(=O)O)cc2)c2cc3c(cc2n1Cc1cccnc1)C=NC3. The van der Waals surface area contributed by atoms with Gasteiger partial charge in [0.2, 0.25) is 0 Å². The fourth-order valence-corrected chi connectivity index (χ4v) is 4.85. The lowest BCUT2D eigenvalue weighted by atomic mass is 9.81. The number of nitriles is 1. The summed E-state index contributed by atoms with van der Waals surface area (Å²) in [6, 6.07) is 17.7. The second-order valence-corrected chi connectivity index (χ2v) is 9.31. The van der Waals surface area contributed by atoms with Gasteiger partial charge in [-0.1, -0.05) is 32.0 Å². The number of aromatic nitrogens is 2. The molecule has 0 fully saturated rings. The van der Waals surface area contributed by atoms with Crippen molar-refractivity contribution in [3.05, 3.63) is 88.9 Å². The van der Waals surface area contributed by atoms with Gasteiger partial charge in [-0.3, -0.25) is 9.98 Å². The Morgan fingerprint density at radius 1 is 1.21 bits per heavy atom. The van der Waals surface area contributed by atoms with Crippen LogP contribution >= 0.6 is 0 Å². The molecular weight excluding hydrogens is 424 g/mol. The number of benzene rings is 2. The normalized spacial score (nSPS) is 12.6. The largest absolute Gasteiger partial charge is 0.478 e. The molecule has 34 heavy (non-hydrogen) atoms. The summed E-state index contributed by atoms with van der Waals surface area (Å²) in [5.74, 6) is -0.953. The van der Waals surface area contributed by atoms with Crippen LogP contribution in [0.5, 0.6) is 0 Å². The number of pyridine rings is 1. The molecule has 1 aliphatic rings. The van der Waals surface area contributed by atoms with Crippen LogP contribution in [0.1, 0.15) is 53.0 Å². The highest BCUT2D eigenvalue weighted by Crippen LogP contribution is 2.44.